The molecule has 0 aliphatic rings. The van der Waals surface area contributed by atoms with E-state index in [1.165, 1.54) is 5.56 Å². The minimum absolute atomic E-state index is 0.201. The van der Waals surface area contributed by atoms with Gasteiger partial charge in [-0.25, -0.2) is 4.98 Å². The van der Waals surface area contributed by atoms with Crippen LogP contribution in [0.15, 0.2) is 77.3 Å². The van der Waals surface area contributed by atoms with Crippen LogP contribution in [0.5, 0.6) is 5.75 Å². The fraction of sp³-hybridized carbons (Fsp3) is 0.0800. The molecule has 2 heterocycles. The normalized spacial score (nSPS) is 10.9. The van der Waals surface area contributed by atoms with Gasteiger partial charge >= 0.3 is 0 Å². The molecule has 0 bridgehead atoms. The number of fused-ring (bicyclic) bond motifs is 1. The van der Waals surface area contributed by atoms with Crippen LogP contribution >= 0.6 is 0 Å². The van der Waals surface area contributed by atoms with Crippen molar-refractivity contribution in [2.45, 2.75) is 6.92 Å². The van der Waals surface area contributed by atoms with Crippen molar-refractivity contribution in [3.63, 3.8) is 0 Å². The molecule has 2 aromatic heterocycles. The molecule has 0 fully saturated rings. The van der Waals surface area contributed by atoms with Gasteiger partial charge in [0.05, 0.1) is 18.1 Å². The number of H-pyrrole nitrogens is 1. The summed E-state index contributed by atoms with van der Waals surface area (Å²) in [5.41, 5.74) is 5.68. The second-order valence-corrected chi connectivity index (χ2v) is 7.44. The number of aryl methyl sites for hydroxylation is 1. The van der Waals surface area contributed by atoms with E-state index in [2.05, 4.69) is 26.5 Å². The molecule has 0 atom stereocenters. The first-order valence-corrected chi connectivity index (χ1v) is 10.1. The number of hydrogen-bond donors (Lipinski definition) is 2. The lowest BCUT2D eigenvalue weighted by Crippen LogP contribution is -2.12. The quantitative estimate of drug-likeness (QED) is 0.391. The number of anilines is 1. The minimum Gasteiger partial charge on any atom is -0.497 e. The van der Waals surface area contributed by atoms with E-state index in [1.54, 1.807) is 13.2 Å². The van der Waals surface area contributed by atoms with Crippen molar-refractivity contribution in [3.8, 4) is 28.5 Å². The Kier molecular flexibility index (Phi) is 4.91. The Morgan fingerprint density at radius 2 is 1.72 bits per heavy atom. The van der Waals surface area contributed by atoms with Crippen LogP contribution in [0.25, 0.3) is 33.7 Å². The number of carbonyl (C=O) groups is 1. The number of carbonyl (C=O) groups excluding carboxylic acids is 1. The van der Waals surface area contributed by atoms with Crippen LogP contribution in [0, 0.1) is 6.92 Å². The molecule has 0 saturated carbocycles. The number of aromatic amines is 1. The topological polar surface area (TPSA) is 93.0 Å². The van der Waals surface area contributed by atoms with Gasteiger partial charge in [-0.15, -0.1) is 0 Å². The molecule has 0 aliphatic carbocycles. The highest BCUT2D eigenvalue weighted by molar-refractivity contribution is 6.03. The van der Waals surface area contributed by atoms with Gasteiger partial charge in [0, 0.05) is 22.9 Å². The van der Waals surface area contributed by atoms with Gasteiger partial charge in [0.2, 0.25) is 0 Å². The van der Waals surface area contributed by atoms with Crippen molar-refractivity contribution in [2.75, 3.05) is 12.4 Å². The number of aromatic nitrogens is 3. The van der Waals surface area contributed by atoms with E-state index >= 15 is 0 Å². The van der Waals surface area contributed by atoms with E-state index < -0.39 is 0 Å². The Hall–Kier alpha value is -4.39. The number of imidazole rings is 1. The van der Waals surface area contributed by atoms with Gasteiger partial charge < -0.3 is 19.6 Å². The number of nitrogens with one attached hydrogen (secondary N) is 2. The van der Waals surface area contributed by atoms with Crippen molar-refractivity contribution >= 4 is 22.6 Å². The maximum absolute atomic E-state index is 12.6. The van der Waals surface area contributed by atoms with Crippen molar-refractivity contribution in [1.82, 2.24) is 15.1 Å². The molecular formula is C25H20N4O3. The molecule has 3 aromatic carbocycles. The standard InChI is InChI=1S/C25H20N4O3/c1-15-3-12-20-21(13-15)28-24(27-20)17-4-8-18(9-5-17)26-25(30)22-14-23(32-29-22)16-6-10-19(31-2)11-7-16/h3-14H,1-2H3,(H,26,30)(H,27,28). The van der Waals surface area contributed by atoms with E-state index in [0.29, 0.717) is 11.4 Å². The first-order chi connectivity index (χ1) is 15.6. The van der Waals surface area contributed by atoms with Crippen LogP contribution in [0.2, 0.25) is 0 Å². The lowest BCUT2D eigenvalue weighted by Gasteiger charge is -2.03. The fourth-order valence-corrected chi connectivity index (χ4v) is 3.44. The molecular weight excluding hydrogens is 404 g/mol. The van der Waals surface area contributed by atoms with Gasteiger partial charge in [-0.3, -0.25) is 4.79 Å². The van der Waals surface area contributed by atoms with Crippen LogP contribution in [-0.4, -0.2) is 28.1 Å². The summed E-state index contributed by atoms with van der Waals surface area (Å²) < 4.78 is 10.5. The van der Waals surface area contributed by atoms with Crippen LogP contribution in [0.4, 0.5) is 5.69 Å². The van der Waals surface area contributed by atoms with Gasteiger partial charge in [-0.05, 0) is 73.2 Å². The van der Waals surface area contributed by atoms with E-state index in [-0.39, 0.29) is 11.6 Å². The first-order valence-electron chi connectivity index (χ1n) is 10.1. The maximum atomic E-state index is 12.6. The van der Waals surface area contributed by atoms with E-state index in [0.717, 1.165) is 33.7 Å². The van der Waals surface area contributed by atoms with Crippen LogP contribution in [-0.2, 0) is 0 Å². The van der Waals surface area contributed by atoms with Gasteiger partial charge in [0.15, 0.2) is 11.5 Å². The number of nitrogens with zero attached hydrogens (tertiary/aromatic N) is 2. The smallest absolute Gasteiger partial charge is 0.277 e. The molecule has 1 amide bonds. The highest BCUT2D eigenvalue weighted by atomic mass is 16.5. The summed E-state index contributed by atoms with van der Waals surface area (Å²) in [6.45, 7) is 2.05. The largest absolute Gasteiger partial charge is 0.497 e. The SMILES string of the molecule is COc1ccc(-c2cc(C(=O)Nc3ccc(-c4nc5ccc(C)cc5[nH]4)cc3)no2)cc1. The second kappa shape index (κ2) is 8.03. The number of rotatable bonds is 5. The molecule has 32 heavy (non-hydrogen) atoms. The number of ether oxygens (including phenoxy) is 1. The van der Waals surface area contributed by atoms with Crippen LogP contribution < -0.4 is 10.1 Å². The second-order valence-electron chi connectivity index (χ2n) is 7.44. The third-order valence-electron chi connectivity index (χ3n) is 5.17. The molecule has 7 nitrogen and oxygen atoms in total. The highest BCUT2D eigenvalue weighted by Gasteiger charge is 2.14. The molecule has 2 N–H and O–H groups in total. The Morgan fingerprint density at radius 1 is 0.969 bits per heavy atom. The van der Waals surface area contributed by atoms with E-state index in [4.69, 9.17) is 9.26 Å². The van der Waals surface area contributed by atoms with E-state index in [9.17, 15) is 4.79 Å². The monoisotopic (exact) mass is 424 g/mol. The molecule has 7 heteroatoms. The third kappa shape index (κ3) is 3.83. The Bertz CT molecular complexity index is 1400. The Balaban J connectivity index is 1.30. The Labute approximate surface area is 184 Å². The summed E-state index contributed by atoms with van der Waals surface area (Å²) >= 11 is 0. The molecule has 158 valence electrons. The molecule has 5 rings (SSSR count). The van der Waals surface area contributed by atoms with Gasteiger partial charge in [-0.1, -0.05) is 11.2 Å². The predicted molar refractivity (Wildman–Crippen MR) is 123 cm³/mol. The predicted octanol–water partition coefficient (Wildman–Crippen LogP) is 5.45. The highest BCUT2D eigenvalue weighted by Crippen LogP contribution is 2.25. The van der Waals surface area contributed by atoms with Gasteiger partial charge in [-0.2, -0.15) is 0 Å². The summed E-state index contributed by atoms with van der Waals surface area (Å²) in [7, 11) is 1.61. The molecule has 0 saturated heterocycles. The van der Waals surface area contributed by atoms with Gasteiger partial charge in [0.1, 0.15) is 11.6 Å². The van der Waals surface area contributed by atoms with Gasteiger partial charge in [0.25, 0.3) is 5.91 Å². The first kappa shape index (κ1) is 19.6. The lowest BCUT2D eigenvalue weighted by molar-refractivity contribution is 0.101. The minimum atomic E-state index is -0.347. The molecule has 5 aromatic rings. The Morgan fingerprint density at radius 3 is 2.47 bits per heavy atom. The van der Waals surface area contributed by atoms with Crippen molar-refractivity contribution in [3.05, 3.63) is 84.1 Å². The molecule has 0 unspecified atom stereocenters. The summed E-state index contributed by atoms with van der Waals surface area (Å²) in [6.07, 6.45) is 0. The molecule has 0 radical (unpaired) electrons. The number of methoxy groups -OCH3 is 1. The summed E-state index contributed by atoms with van der Waals surface area (Å²) in [5, 5.41) is 6.74. The summed E-state index contributed by atoms with van der Waals surface area (Å²) in [6, 6.07) is 22.5. The van der Waals surface area contributed by atoms with E-state index in [1.807, 2.05) is 67.6 Å². The van der Waals surface area contributed by atoms with Crippen molar-refractivity contribution in [1.29, 1.82) is 0 Å². The number of hydrogen-bond acceptors (Lipinski definition) is 5. The zero-order chi connectivity index (χ0) is 22.1. The summed E-state index contributed by atoms with van der Waals surface area (Å²) in [4.78, 5) is 20.6. The summed E-state index contributed by atoms with van der Waals surface area (Å²) in [5.74, 6) is 1.69. The van der Waals surface area contributed by atoms with Crippen molar-refractivity contribution < 1.29 is 14.1 Å². The van der Waals surface area contributed by atoms with Crippen molar-refractivity contribution in [2.24, 2.45) is 0 Å². The lowest BCUT2D eigenvalue weighted by atomic mass is 10.1. The molecule has 0 aliphatic heterocycles. The number of benzene rings is 3. The molecule has 0 spiro atoms. The average molecular weight is 424 g/mol. The zero-order valence-electron chi connectivity index (χ0n) is 17.5. The third-order valence-corrected chi connectivity index (χ3v) is 5.17. The average Bonchev–Trinajstić information content (AvgIpc) is 3.47. The maximum Gasteiger partial charge on any atom is 0.277 e. The zero-order valence-corrected chi connectivity index (χ0v) is 17.5. The number of amides is 1. The van der Waals surface area contributed by atoms with Crippen LogP contribution in [0.3, 0.4) is 0 Å². The fourth-order valence-electron chi connectivity index (χ4n) is 3.44. The van der Waals surface area contributed by atoms with Crippen LogP contribution in [0.1, 0.15) is 16.1 Å².